The van der Waals surface area contributed by atoms with Crippen molar-refractivity contribution in [3.05, 3.63) is 122 Å². The van der Waals surface area contributed by atoms with Gasteiger partial charge in [0.2, 0.25) is 0 Å². The molecule has 6 N–H and O–H groups in total. The number of esters is 1. The van der Waals surface area contributed by atoms with Crippen LogP contribution in [0.2, 0.25) is 0 Å². The molecule has 0 saturated heterocycles. The van der Waals surface area contributed by atoms with Gasteiger partial charge in [-0.2, -0.15) is 0 Å². The Morgan fingerprint density at radius 2 is 0.875 bits per heavy atom. The minimum absolute atomic E-state index is 0.133. The number of phosphoric ester groups is 1. The van der Waals surface area contributed by atoms with Gasteiger partial charge < -0.3 is 39.9 Å². The highest BCUT2D eigenvalue weighted by Crippen LogP contribution is 2.47. The van der Waals surface area contributed by atoms with Gasteiger partial charge in [-0.25, -0.2) is 4.57 Å². The minimum atomic E-state index is -5.05. The molecule has 1 saturated carbocycles. The summed E-state index contributed by atoms with van der Waals surface area (Å²) in [6, 6.07) is 0. The van der Waals surface area contributed by atoms with E-state index in [1.807, 2.05) is 0 Å². The fraction of sp³-hybridized carbons (Fsp3) is 0.588. The zero-order valence-corrected chi connectivity index (χ0v) is 39.4. The number of rotatable bonds is 37. The summed E-state index contributed by atoms with van der Waals surface area (Å²) in [5, 5.41) is 50.2. The Bertz CT molecular complexity index is 1510. The number of ether oxygens (including phenoxy) is 2. The van der Waals surface area contributed by atoms with Crippen LogP contribution in [0, 0.1) is 0 Å². The van der Waals surface area contributed by atoms with Gasteiger partial charge in [0.1, 0.15) is 42.7 Å². The number of allylic oxidation sites excluding steroid dienone is 20. The largest absolute Gasteiger partial charge is 0.472 e. The van der Waals surface area contributed by atoms with Crippen molar-refractivity contribution >= 4 is 13.8 Å². The van der Waals surface area contributed by atoms with Gasteiger partial charge in [-0.05, 0) is 96.3 Å². The van der Waals surface area contributed by atoms with Crippen molar-refractivity contribution in [2.75, 3.05) is 19.8 Å². The third-order valence-corrected chi connectivity index (χ3v) is 10.8. The predicted octanol–water partition coefficient (Wildman–Crippen LogP) is 9.86. The molecule has 0 aromatic heterocycles. The van der Waals surface area contributed by atoms with Gasteiger partial charge >= 0.3 is 13.8 Å². The van der Waals surface area contributed by atoms with Gasteiger partial charge in [-0.15, -0.1) is 0 Å². The van der Waals surface area contributed by atoms with Crippen LogP contribution in [0.25, 0.3) is 0 Å². The van der Waals surface area contributed by atoms with Crippen LogP contribution in [0.5, 0.6) is 0 Å². The average Bonchev–Trinajstić information content (AvgIpc) is 3.28. The third kappa shape index (κ3) is 31.6. The van der Waals surface area contributed by atoms with Crippen LogP contribution >= 0.6 is 7.82 Å². The molecule has 12 nitrogen and oxygen atoms in total. The molecular formula is C51H81O12P. The fourth-order valence-electron chi connectivity index (χ4n) is 6.18. The molecular weight excluding hydrogens is 836 g/mol. The van der Waals surface area contributed by atoms with Gasteiger partial charge in [-0.3, -0.25) is 13.8 Å². The zero-order valence-electron chi connectivity index (χ0n) is 38.5. The molecule has 64 heavy (non-hydrogen) atoms. The van der Waals surface area contributed by atoms with Gasteiger partial charge in [0.25, 0.3) is 0 Å². The number of aliphatic hydroxyl groups excluding tert-OH is 5. The molecule has 1 aliphatic rings. The molecule has 362 valence electrons. The van der Waals surface area contributed by atoms with Crippen LogP contribution in [0.3, 0.4) is 0 Å². The van der Waals surface area contributed by atoms with Crippen molar-refractivity contribution in [3.63, 3.8) is 0 Å². The predicted molar refractivity (Wildman–Crippen MR) is 257 cm³/mol. The second-order valence-corrected chi connectivity index (χ2v) is 16.9. The molecule has 0 radical (unpaired) electrons. The normalized spacial score (nSPS) is 22.8. The Kier molecular flexibility index (Phi) is 36.8. The van der Waals surface area contributed by atoms with Crippen molar-refractivity contribution in [1.82, 2.24) is 0 Å². The number of carbonyl (C=O) groups excluding carboxylic acids is 1. The standard InChI is InChI=1S/C51H81O12P/c1-3-5-7-9-11-13-15-17-19-20-21-22-23-24-25-26-27-28-30-32-34-36-38-40-45(52)62-44(42-60-41-39-37-35-33-31-29-18-16-14-12-10-8-6-4-2)43-61-64(58,59)63-51-49(56)47(54)46(53)48(55)50(51)57/h5-8,11-14,17-19,21-22,24-25,27-29,33,35,44,46-51,53-57H,3-4,9-10,15-16,20,23,26,30-32,34,36-43H2,1-2H3,(H,58,59)/b7-5-,8-6-,13-11-,14-12-,19-17-,22-21-,25-24-,28-27-,29-18-,35-33-. The van der Waals surface area contributed by atoms with Crippen molar-refractivity contribution in [2.24, 2.45) is 0 Å². The van der Waals surface area contributed by atoms with E-state index in [2.05, 4.69) is 135 Å². The topological polar surface area (TPSA) is 192 Å². The van der Waals surface area contributed by atoms with E-state index >= 15 is 0 Å². The van der Waals surface area contributed by atoms with Gasteiger partial charge in [0.15, 0.2) is 0 Å². The van der Waals surface area contributed by atoms with E-state index in [1.54, 1.807) is 0 Å². The van der Waals surface area contributed by atoms with E-state index < -0.39 is 63.1 Å². The lowest BCUT2D eigenvalue weighted by Crippen LogP contribution is -2.64. The van der Waals surface area contributed by atoms with Gasteiger partial charge in [0, 0.05) is 13.0 Å². The highest BCUT2D eigenvalue weighted by atomic mass is 31.2. The molecule has 0 aromatic carbocycles. The second kappa shape index (κ2) is 40.1. The van der Waals surface area contributed by atoms with Crippen molar-refractivity contribution < 1.29 is 58.3 Å². The third-order valence-electron chi connectivity index (χ3n) is 9.83. The van der Waals surface area contributed by atoms with Crippen LogP contribution in [0.1, 0.15) is 129 Å². The quantitative estimate of drug-likeness (QED) is 0.0150. The Morgan fingerprint density at radius 1 is 0.500 bits per heavy atom. The van der Waals surface area contributed by atoms with Crippen molar-refractivity contribution in [3.8, 4) is 0 Å². The molecule has 0 spiro atoms. The van der Waals surface area contributed by atoms with Crippen LogP contribution in [-0.4, -0.2) is 98.9 Å². The Labute approximate surface area is 384 Å². The molecule has 6 atom stereocenters. The summed E-state index contributed by atoms with van der Waals surface area (Å²) < 4.78 is 34.1. The van der Waals surface area contributed by atoms with Crippen LogP contribution < -0.4 is 0 Å². The molecule has 1 aliphatic carbocycles. The minimum Gasteiger partial charge on any atom is -0.457 e. The van der Waals surface area contributed by atoms with E-state index in [4.69, 9.17) is 18.5 Å². The summed E-state index contributed by atoms with van der Waals surface area (Å²) in [5.41, 5.74) is 0. The number of hydrogen-bond donors (Lipinski definition) is 6. The first kappa shape index (κ1) is 58.8. The van der Waals surface area contributed by atoms with E-state index in [0.29, 0.717) is 19.4 Å². The maximum absolute atomic E-state index is 12.8. The summed E-state index contributed by atoms with van der Waals surface area (Å²) in [7, 11) is -5.05. The summed E-state index contributed by atoms with van der Waals surface area (Å²) in [6.07, 6.45) is 45.6. The highest BCUT2D eigenvalue weighted by Gasteiger charge is 2.51. The molecule has 0 heterocycles. The van der Waals surface area contributed by atoms with E-state index in [9.17, 15) is 39.8 Å². The van der Waals surface area contributed by atoms with E-state index in [-0.39, 0.29) is 13.0 Å². The van der Waals surface area contributed by atoms with Crippen LogP contribution in [0.4, 0.5) is 0 Å². The lowest BCUT2D eigenvalue weighted by Gasteiger charge is -2.41. The molecule has 6 unspecified atom stereocenters. The summed E-state index contributed by atoms with van der Waals surface area (Å²) in [6.45, 7) is 3.83. The molecule has 0 amide bonds. The lowest BCUT2D eigenvalue weighted by molar-refractivity contribution is -0.220. The first-order valence-corrected chi connectivity index (χ1v) is 24.9. The SMILES string of the molecule is CC/C=C\C/C=C\C/C=C\C/C=C\C/C=C\C/C=C\CCCCCCC(=O)OC(COCCC/C=C\C/C=C\C/C=C\C/C=C\CC)COP(=O)(O)OC1C(O)C(O)C(O)C(O)C1O. The Morgan fingerprint density at radius 3 is 1.31 bits per heavy atom. The van der Waals surface area contributed by atoms with Crippen molar-refractivity contribution in [2.45, 2.75) is 172 Å². The average molecular weight is 917 g/mol. The summed E-state index contributed by atoms with van der Waals surface area (Å²) >= 11 is 0. The maximum atomic E-state index is 12.8. The van der Waals surface area contributed by atoms with E-state index in [1.165, 1.54) is 0 Å². The van der Waals surface area contributed by atoms with Gasteiger partial charge in [0.05, 0.1) is 13.2 Å². The highest BCUT2D eigenvalue weighted by molar-refractivity contribution is 7.47. The van der Waals surface area contributed by atoms with Crippen molar-refractivity contribution in [1.29, 1.82) is 0 Å². The number of phosphoric acid groups is 1. The smallest absolute Gasteiger partial charge is 0.457 e. The van der Waals surface area contributed by atoms with Crippen LogP contribution in [-0.2, 0) is 27.9 Å². The number of hydrogen-bond acceptors (Lipinski definition) is 11. The Balaban J connectivity index is 2.44. The summed E-state index contributed by atoms with van der Waals surface area (Å²) in [4.78, 5) is 23.2. The summed E-state index contributed by atoms with van der Waals surface area (Å²) in [5.74, 6) is -0.527. The second-order valence-electron chi connectivity index (χ2n) is 15.5. The number of aliphatic hydroxyl groups is 5. The number of carbonyl (C=O) groups is 1. The first-order chi connectivity index (χ1) is 31.0. The molecule has 0 aromatic rings. The van der Waals surface area contributed by atoms with Crippen LogP contribution in [0.15, 0.2) is 122 Å². The molecule has 1 rings (SSSR count). The lowest BCUT2D eigenvalue weighted by atomic mass is 9.85. The molecule has 1 fully saturated rings. The first-order valence-electron chi connectivity index (χ1n) is 23.4. The Hall–Kier alpha value is -3.26. The van der Waals surface area contributed by atoms with E-state index in [0.717, 1.165) is 96.3 Å². The molecule has 0 aliphatic heterocycles. The fourth-order valence-corrected chi connectivity index (χ4v) is 7.16. The van der Waals surface area contributed by atoms with Gasteiger partial charge in [-0.1, -0.05) is 148 Å². The monoisotopic (exact) mass is 917 g/mol. The number of unbranched alkanes of at least 4 members (excludes halogenated alkanes) is 5. The maximum Gasteiger partial charge on any atom is 0.472 e. The molecule has 13 heteroatoms. The zero-order chi connectivity index (χ0) is 46.9. The molecule has 0 bridgehead atoms.